The van der Waals surface area contributed by atoms with E-state index in [0.29, 0.717) is 13.1 Å². The fourth-order valence-electron chi connectivity index (χ4n) is 3.04. The van der Waals surface area contributed by atoms with Crippen LogP contribution in [-0.2, 0) is 23.1 Å². The van der Waals surface area contributed by atoms with Crippen molar-refractivity contribution in [2.45, 2.75) is 25.3 Å². The van der Waals surface area contributed by atoms with Gasteiger partial charge in [0.1, 0.15) is 19.0 Å². The molecule has 23 heavy (non-hydrogen) atoms. The van der Waals surface area contributed by atoms with E-state index in [4.69, 9.17) is 4.74 Å². The summed E-state index contributed by atoms with van der Waals surface area (Å²) in [5.74, 6) is 2.05. The maximum Gasteiger partial charge on any atom is 0.248 e. The number of amides is 1. The Balaban J connectivity index is 1.71. The topological polar surface area (TPSA) is 78.1 Å². The van der Waals surface area contributed by atoms with Crippen LogP contribution in [0, 0.1) is 0 Å². The molecule has 8 heteroatoms. The number of hydrogen-bond donors (Lipinski definition) is 0. The van der Waals surface area contributed by atoms with Gasteiger partial charge in [-0.05, 0) is 18.9 Å². The minimum Gasteiger partial charge on any atom is -0.375 e. The first-order chi connectivity index (χ1) is 11.2. The van der Waals surface area contributed by atoms with Gasteiger partial charge < -0.3 is 14.2 Å². The van der Waals surface area contributed by atoms with Crippen molar-refractivity contribution in [1.29, 1.82) is 0 Å². The highest BCUT2D eigenvalue weighted by molar-refractivity contribution is 5.77. The maximum absolute atomic E-state index is 12.0. The van der Waals surface area contributed by atoms with Gasteiger partial charge in [-0.2, -0.15) is 5.10 Å². The number of methoxy groups -OCH3 is 1. The zero-order valence-electron chi connectivity index (χ0n) is 13.6. The van der Waals surface area contributed by atoms with Crippen LogP contribution < -0.4 is 0 Å². The molecule has 0 saturated carbocycles. The summed E-state index contributed by atoms with van der Waals surface area (Å²) < 4.78 is 8.80. The van der Waals surface area contributed by atoms with E-state index in [1.54, 1.807) is 13.3 Å². The average molecular weight is 318 g/mol. The molecule has 3 rings (SSSR count). The molecular formula is C15H22N6O2. The molecule has 0 bridgehead atoms. The maximum atomic E-state index is 12.0. The number of carbonyl (C=O) groups is 1. The third-order valence-electron chi connectivity index (χ3n) is 4.27. The molecule has 8 nitrogen and oxygen atoms in total. The molecule has 0 aliphatic carbocycles. The first-order valence-corrected chi connectivity index (χ1v) is 7.81. The Bertz CT molecular complexity index is 651. The number of aromatic nitrogens is 5. The Morgan fingerprint density at radius 1 is 1.43 bits per heavy atom. The molecule has 0 radical (unpaired) electrons. The molecule has 3 heterocycles. The van der Waals surface area contributed by atoms with Crippen molar-refractivity contribution in [2.75, 3.05) is 26.8 Å². The van der Waals surface area contributed by atoms with Crippen molar-refractivity contribution in [3.8, 4) is 0 Å². The molecule has 2 aromatic rings. The highest BCUT2D eigenvalue weighted by Gasteiger charge is 2.28. The summed E-state index contributed by atoms with van der Waals surface area (Å²) in [6, 6.07) is 1.89. The number of nitrogens with zero attached hydrogens (tertiary/aromatic N) is 6. The molecular weight excluding hydrogens is 296 g/mol. The summed E-state index contributed by atoms with van der Waals surface area (Å²) in [4.78, 5) is 13.9. The van der Waals surface area contributed by atoms with Gasteiger partial charge in [-0.3, -0.25) is 9.48 Å². The Hall–Kier alpha value is -2.22. The highest BCUT2D eigenvalue weighted by atomic mass is 16.5. The van der Waals surface area contributed by atoms with Crippen molar-refractivity contribution in [2.24, 2.45) is 7.05 Å². The lowest BCUT2D eigenvalue weighted by Crippen LogP contribution is -2.41. The molecule has 1 aliphatic rings. The van der Waals surface area contributed by atoms with Crippen LogP contribution in [0.3, 0.4) is 0 Å². The first-order valence-electron chi connectivity index (χ1n) is 7.81. The molecule has 0 aromatic carbocycles. The van der Waals surface area contributed by atoms with Gasteiger partial charge in [0.05, 0.1) is 0 Å². The summed E-state index contributed by atoms with van der Waals surface area (Å²) in [7, 11) is 3.52. The van der Waals surface area contributed by atoms with Gasteiger partial charge >= 0.3 is 0 Å². The molecule has 1 fully saturated rings. The number of ether oxygens (including phenoxy) is 1. The van der Waals surface area contributed by atoms with E-state index >= 15 is 0 Å². The minimum absolute atomic E-state index is 0.0381. The van der Waals surface area contributed by atoms with Crippen LogP contribution in [0.5, 0.6) is 0 Å². The minimum atomic E-state index is 0.0381. The standard InChI is InChI=1S/C15H22N6O2/c1-19-13(10-21-8-4-6-16-21)17-18-15(19)12-5-3-7-20(9-12)14(22)11-23-2/h4,6,8,12H,3,5,7,9-11H2,1-2H3. The summed E-state index contributed by atoms with van der Waals surface area (Å²) in [6.07, 6.45) is 5.64. The lowest BCUT2D eigenvalue weighted by Gasteiger charge is -2.32. The van der Waals surface area contributed by atoms with E-state index in [1.807, 2.05) is 33.5 Å². The molecule has 2 aromatic heterocycles. The van der Waals surface area contributed by atoms with Crippen molar-refractivity contribution in [3.63, 3.8) is 0 Å². The van der Waals surface area contributed by atoms with E-state index in [1.165, 1.54) is 0 Å². The normalized spacial score (nSPS) is 18.3. The van der Waals surface area contributed by atoms with Crippen LogP contribution >= 0.6 is 0 Å². The quantitative estimate of drug-likeness (QED) is 0.798. The molecule has 0 spiro atoms. The van der Waals surface area contributed by atoms with Gasteiger partial charge in [0, 0.05) is 45.6 Å². The van der Waals surface area contributed by atoms with E-state index < -0.39 is 0 Å². The number of likely N-dealkylation sites (tertiary alicyclic amines) is 1. The van der Waals surface area contributed by atoms with Crippen LogP contribution in [0.2, 0.25) is 0 Å². The summed E-state index contributed by atoms with van der Waals surface area (Å²) in [6.45, 7) is 2.19. The van der Waals surface area contributed by atoms with E-state index in [2.05, 4.69) is 15.3 Å². The Morgan fingerprint density at radius 3 is 3.04 bits per heavy atom. The summed E-state index contributed by atoms with van der Waals surface area (Å²) >= 11 is 0. The fourth-order valence-corrected chi connectivity index (χ4v) is 3.04. The smallest absolute Gasteiger partial charge is 0.248 e. The first kappa shape index (κ1) is 15.7. The monoisotopic (exact) mass is 318 g/mol. The molecule has 1 atom stereocenters. The van der Waals surface area contributed by atoms with Crippen LogP contribution in [0.1, 0.15) is 30.4 Å². The lowest BCUT2D eigenvalue weighted by atomic mass is 9.97. The van der Waals surface area contributed by atoms with Gasteiger partial charge in [0.25, 0.3) is 0 Å². The van der Waals surface area contributed by atoms with Gasteiger partial charge in [-0.25, -0.2) is 0 Å². The highest BCUT2D eigenvalue weighted by Crippen LogP contribution is 2.25. The Kier molecular flexibility index (Phi) is 4.71. The van der Waals surface area contributed by atoms with Crippen LogP contribution in [0.25, 0.3) is 0 Å². The zero-order valence-corrected chi connectivity index (χ0v) is 13.6. The molecule has 1 amide bonds. The number of rotatable bonds is 5. The van der Waals surface area contributed by atoms with Gasteiger partial charge in [0.2, 0.25) is 5.91 Å². The Labute approximate surface area is 135 Å². The molecule has 124 valence electrons. The fraction of sp³-hybridized carbons (Fsp3) is 0.600. The number of carbonyl (C=O) groups excluding carboxylic acids is 1. The van der Waals surface area contributed by atoms with Crippen LogP contribution in [0.4, 0.5) is 0 Å². The van der Waals surface area contributed by atoms with E-state index in [9.17, 15) is 4.79 Å². The Morgan fingerprint density at radius 2 is 2.30 bits per heavy atom. The second-order valence-electron chi connectivity index (χ2n) is 5.85. The second kappa shape index (κ2) is 6.91. The van der Waals surface area contributed by atoms with Gasteiger partial charge in [-0.15, -0.1) is 10.2 Å². The summed E-state index contributed by atoms with van der Waals surface area (Å²) in [5, 5.41) is 12.9. The predicted octanol–water partition coefficient (Wildman–Crippen LogP) is 0.412. The lowest BCUT2D eigenvalue weighted by molar-refractivity contribution is -0.136. The van der Waals surface area contributed by atoms with E-state index in [-0.39, 0.29) is 18.4 Å². The van der Waals surface area contributed by atoms with Crippen molar-refractivity contribution >= 4 is 5.91 Å². The molecule has 1 aliphatic heterocycles. The third kappa shape index (κ3) is 3.42. The molecule has 0 N–H and O–H groups in total. The number of piperidine rings is 1. The van der Waals surface area contributed by atoms with Gasteiger partial charge in [-0.1, -0.05) is 0 Å². The number of hydrogen-bond acceptors (Lipinski definition) is 5. The van der Waals surface area contributed by atoms with Crippen molar-refractivity contribution in [1.82, 2.24) is 29.4 Å². The SMILES string of the molecule is COCC(=O)N1CCCC(c2nnc(Cn3cccn3)n2C)C1. The average Bonchev–Trinajstić information content (AvgIpc) is 3.19. The van der Waals surface area contributed by atoms with E-state index in [0.717, 1.165) is 31.0 Å². The second-order valence-corrected chi connectivity index (χ2v) is 5.85. The van der Waals surface area contributed by atoms with Crippen LogP contribution in [0.15, 0.2) is 18.5 Å². The van der Waals surface area contributed by atoms with Crippen LogP contribution in [-0.4, -0.2) is 62.2 Å². The zero-order chi connectivity index (χ0) is 16.2. The van der Waals surface area contributed by atoms with Gasteiger partial charge in [0.15, 0.2) is 5.82 Å². The molecule has 1 saturated heterocycles. The molecule has 1 unspecified atom stereocenters. The third-order valence-corrected chi connectivity index (χ3v) is 4.27. The largest absolute Gasteiger partial charge is 0.375 e. The summed E-state index contributed by atoms with van der Waals surface area (Å²) in [5.41, 5.74) is 0. The predicted molar refractivity (Wildman–Crippen MR) is 82.8 cm³/mol. The van der Waals surface area contributed by atoms with Crippen molar-refractivity contribution < 1.29 is 9.53 Å². The van der Waals surface area contributed by atoms with Crippen molar-refractivity contribution in [3.05, 3.63) is 30.1 Å².